The van der Waals surface area contributed by atoms with Gasteiger partial charge in [0.25, 0.3) is 0 Å². The Balaban J connectivity index is 3.55. The lowest BCUT2D eigenvalue weighted by molar-refractivity contribution is 0.625. The van der Waals surface area contributed by atoms with Gasteiger partial charge in [-0.05, 0) is 0 Å². The Hall–Kier alpha value is -0.300. The minimum Gasteiger partial charge on any atom is -0.210 e. The summed E-state index contributed by atoms with van der Waals surface area (Å²) in [6, 6.07) is 0. The molecule has 0 spiro atoms. The summed E-state index contributed by atoms with van der Waals surface area (Å²) >= 11 is 5.21. The third-order valence-corrected chi connectivity index (χ3v) is 0.921. The Morgan fingerprint density at radius 1 is 1.86 bits per heavy atom. The lowest BCUT2D eigenvalue weighted by Gasteiger charge is -1.92. The second-order valence-corrected chi connectivity index (χ2v) is 1.55. The maximum atomic E-state index is 11.7. The molecule has 0 aromatic rings. The van der Waals surface area contributed by atoms with Gasteiger partial charge in [0.2, 0.25) is 0 Å². The Bertz CT molecular complexity index is 88.1. The zero-order valence-corrected chi connectivity index (χ0v) is 4.58. The predicted octanol–water partition coefficient (Wildman–Crippen LogP) is 2.26. The van der Waals surface area contributed by atoms with Crippen molar-refractivity contribution in [3.8, 4) is 0 Å². The normalized spacial score (nSPS) is 12.9. The van der Waals surface area contributed by atoms with Crippen molar-refractivity contribution in [1.82, 2.24) is 0 Å². The zero-order chi connectivity index (χ0) is 5.86. The fraction of sp³-hybridized carbons (Fsp3) is 0.200. The topological polar surface area (TPSA) is 0 Å². The second-order valence-electron chi connectivity index (χ2n) is 1.08. The van der Waals surface area contributed by atoms with E-state index in [1.54, 1.807) is 0 Å². The first kappa shape index (κ1) is 6.70. The summed E-state index contributed by atoms with van der Waals surface area (Å²) in [5.41, 5.74) is 0. The molecule has 0 heterocycles. The van der Waals surface area contributed by atoms with Gasteiger partial charge in [0.1, 0.15) is 11.2 Å². The van der Waals surface area contributed by atoms with Crippen molar-refractivity contribution in [1.29, 1.82) is 0 Å². The molecular weight excluding hydrogens is 115 g/mol. The second kappa shape index (κ2) is 2.80. The van der Waals surface area contributed by atoms with Crippen LogP contribution in [0.5, 0.6) is 0 Å². The average molecular weight is 121 g/mol. The molecule has 0 bridgehead atoms. The number of halogens is 2. The zero-order valence-electron chi connectivity index (χ0n) is 3.82. The van der Waals surface area contributed by atoms with E-state index in [1.165, 1.54) is 6.08 Å². The molecule has 0 nitrogen and oxygen atoms in total. The molecule has 0 amide bonds. The minimum atomic E-state index is -0.722. The fourth-order valence-electron chi connectivity index (χ4n) is 0.128. The average Bonchev–Trinajstić information content (AvgIpc) is 1.65. The van der Waals surface area contributed by atoms with Crippen LogP contribution in [0.3, 0.4) is 0 Å². The highest BCUT2D eigenvalue weighted by Crippen LogP contribution is 2.08. The van der Waals surface area contributed by atoms with E-state index < -0.39 is 11.2 Å². The van der Waals surface area contributed by atoms with Crippen LogP contribution in [0.2, 0.25) is 0 Å². The molecule has 0 saturated carbocycles. The van der Waals surface area contributed by atoms with Gasteiger partial charge in [-0.15, -0.1) is 18.2 Å². The van der Waals surface area contributed by atoms with Crippen LogP contribution in [0.4, 0.5) is 4.39 Å². The summed E-state index contributed by atoms with van der Waals surface area (Å²) in [6.45, 7) is 6.21. The summed E-state index contributed by atoms with van der Waals surface area (Å²) in [4.78, 5) is 0. The number of alkyl halides is 1. The Morgan fingerprint density at radius 2 is 2.29 bits per heavy atom. The van der Waals surface area contributed by atoms with Crippen LogP contribution in [0.25, 0.3) is 0 Å². The molecule has 0 aromatic carbocycles. The van der Waals surface area contributed by atoms with Crippen LogP contribution < -0.4 is 0 Å². The number of rotatable bonds is 2. The molecule has 0 aromatic heterocycles. The molecule has 0 aliphatic carbocycles. The van der Waals surface area contributed by atoms with E-state index in [0.717, 1.165) is 0 Å². The molecule has 7 heavy (non-hydrogen) atoms. The Labute approximate surface area is 47.3 Å². The minimum absolute atomic E-state index is 0.559. The monoisotopic (exact) mass is 120 g/mol. The molecule has 0 rings (SSSR count). The van der Waals surface area contributed by atoms with Gasteiger partial charge in [-0.3, -0.25) is 0 Å². The van der Waals surface area contributed by atoms with Crippen LogP contribution in [0.15, 0.2) is 25.1 Å². The standard InChI is InChI=1S/C5H6ClF/c1-3-5(6)4(2)7/h3,5H,1-2H2. The fourth-order valence-corrected chi connectivity index (χ4v) is 0.128. The Morgan fingerprint density at radius 3 is 2.29 bits per heavy atom. The lowest BCUT2D eigenvalue weighted by Crippen LogP contribution is -1.88. The first-order valence-electron chi connectivity index (χ1n) is 1.79. The van der Waals surface area contributed by atoms with Crippen LogP contribution in [0, 0.1) is 0 Å². The highest BCUT2D eigenvalue weighted by Gasteiger charge is 1.99. The van der Waals surface area contributed by atoms with Crippen molar-refractivity contribution in [3.05, 3.63) is 25.1 Å². The van der Waals surface area contributed by atoms with E-state index in [2.05, 4.69) is 13.2 Å². The summed E-state index contributed by atoms with van der Waals surface area (Å²) in [5, 5.41) is -0.722. The predicted molar refractivity (Wildman–Crippen MR) is 30.1 cm³/mol. The summed E-state index contributed by atoms with van der Waals surface area (Å²) < 4.78 is 11.7. The van der Waals surface area contributed by atoms with Crippen LogP contribution in [-0.4, -0.2) is 5.38 Å². The van der Waals surface area contributed by atoms with E-state index in [9.17, 15) is 4.39 Å². The first-order chi connectivity index (χ1) is 3.18. The maximum absolute atomic E-state index is 11.7. The van der Waals surface area contributed by atoms with Gasteiger partial charge in [0.15, 0.2) is 0 Å². The Kier molecular flexibility index (Phi) is 2.68. The molecule has 0 aliphatic rings. The van der Waals surface area contributed by atoms with Gasteiger partial charge in [-0.1, -0.05) is 12.7 Å². The van der Waals surface area contributed by atoms with Gasteiger partial charge >= 0.3 is 0 Å². The third kappa shape index (κ3) is 2.40. The summed E-state index contributed by atoms with van der Waals surface area (Å²) in [5.74, 6) is -0.559. The molecule has 0 aliphatic heterocycles. The highest BCUT2D eigenvalue weighted by atomic mass is 35.5. The quantitative estimate of drug-likeness (QED) is 0.387. The smallest absolute Gasteiger partial charge is 0.114 e. The molecule has 40 valence electrons. The highest BCUT2D eigenvalue weighted by molar-refractivity contribution is 6.23. The van der Waals surface area contributed by atoms with Crippen molar-refractivity contribution in [2.75, 3.05) is 0 Å². The van der Waals surface area contributed by atoms with E-state index in [0.29, 0.717) is 0 Å². The number of allylic oxidation sites excluding steroid dienone is 2. The summed E-state index contributed by atoms with van der Waals surface area (Å²) in [6.07, 6.45) is 1.28. The van der Waals surface area contributed by atoms with Crippen LogP contribution >= 0.6 is 11.6 Å². The molecule has 2 heteroatoms. The number of hydrogen-bond donors (Lipinski definition) is 0. The van der Waals surface area contributed by atoms with Gasteiger partial charge in [-0.25, -0.2) is 4.39 Å². The van der Waals surface area contributed by atoms with E-state index in [-0.39, 0.29) is 0 Å². The largest absolute Gasteiger partial charge is 0.210 e. The van der Waals surface area contributed by atoms with Crippen molar-refractivity contribution in [2.45, 2.75) is 5.38 Å². The van der Waals surface area contributed by atoms with Crippen LogP contribution in [0.1, 0.15) is 0 Å². The van der Waals surface area contributed by atoms with Crippen molar-refractivity contribution < 1.29 is 4.39 Å². The van der Waals surface area contributed by atoms with Gasteiger partial charge < -0.3 is 0 Å². The molecule has 1 atom stereocenters. The summed E-state index contributed by atoms with van der Waals surface area (Å²) in [7, 11) is 0. The van der Waals surface area contributed by atoms with Crippen molar-refractivity contribution in [2.24, 2.45) is 0 Å². The van der Waals surface area contributed by atoms with Gasteiger partial charge in [0, 0.05) is 0 Å². The third-order valence-electron chi connectivity index (χ3n) is 0.506. The lowest BCUT2D eigenvalue weighted by atomic mass is 10.4. The van der Waals surface area contributed by atoms with Gasteiger partial charge in [0.05, 0.1) is 0 Å². The van der Waals surface area contributed by atoms with Crippen molar-refractivity contribution in [3.63, 3.8) is 0 Å². The molecule has 0 radical (unpaired) electrons. The number of hydrogen-bond acceptors (Lipinski definition) is 0. The van der Waals surface area contributed by atoms with E-state index in [1.807, 2.05) is 0 Å². The van der Waals surface area contributed by atoms with E-state index in [4.69, 9.17) is 11.6 Å². The first-order valence-corrected chi connectivity index (χ1v) is 2.23. The van der Waals surface area contributed by atoms with Gasteiger partial charge in [-0.2, -0.15) is 0 Å². The molecule has 1 unspecified atom stereocenters. The molecule has 0 fully saturated rings. The molecule has 0 N–H and O–H groups in total. The van der Waals surface area contributed by atoms with E-state index >= 15 is 0 Å². The maximum Gasteiger partial charge on any atom is 0.114 e. The molecule has 0 saturated heterocycles. The van der Waals surface area contributed by atoms with Crippen molar-refractivity contribution >= 4 is 11.6 Å². The SMILES string of the molecule is C=CC(Cl)C(=C)F. The molecular formula is C5H6ClF. The van der Waals surface area contributed by atoms with Crippen LogP contribution in [-0.2, 0) is 0 Å².